The van der Waals surface area contributed by atoms with Crippen LogP contribution in [0.2, 0.25) is 0 Å². The highest BCUT2D eigenvalue weighted by Crippen LogP contribution is 2.16. The van der Waals surface area contributed by atoms with Gasteiger partial charge in [-0.1, -0.05) is 60.2 Å². The SMILES string of the molecule is CC(=O)OC(NC(=O)OCc1ccccc1)c1ccc(C)cc1. The fourth-order valence-corrected chi connectivity index (χ4v) is 1.96. The molecule has 0 aliphatic rings. The quantitative estimate of drug-likeness (QED) is 0.678. The average Bonchev–Trinajstić information content (AvgIpc) is 2.53. The Bertz CT molecular complexity index is 652. The van der Waals surface area contributed by atoms with E-state index in [4.69, 9.17) is 9.47 Å². The number of alkyl carbamates (subject to hydrolysis) is 1. The van der Waals surface area contributed by atoms with Crippen molar-refractivity contribution in [1.29, 1.82) is 0 Å². The Balaban J connectivity index is 1.98. The van der Waals surface area contributed by atoms with Crippen LogP contribution >= 0.6 is 0 Å². The molecule has 1 amide bonds. The second-order valence-electron chi connectivity index (χ2n) is 5.11. The molecule has 1 N–H and O–H groups in total. The van der Waals surface area contributed by atoms with Gasteiger partial charge in [0.2, 0.25) is 6.23 Å². The molecule has 0 bridgehead atoms. The van der Waals surface area contributed by atoms with E-state index in [1.165, 1.54) is 6.92 Å². The fraction of sp³-hybridized carbons (Fsp3) is 0.222. The minimum atomic E-state index is -0.878. The number of ether oxygens (including phenoxy) is 2. The van der Waals surface area contributed by atoms with E-state index < -0.39 is 18.3 Å². The maximum Gasteiger partial charge on any atom is 0.410 e. The second kappa shape index (κ2) is 7.98. The number of benzene rings is 2. The lowest BCUT2D eigenvalue weighted by Crippen LogP contribution is -2.31. The molecule has 0 aliphatic carbocycles. The molecule has 23 heavy (non-hydrogen) atoms. The molecule has 2 rings (SSSR count). The summed E-state index contributed by atoms with van der Waals surface area (Å²) in [6.07, 6.45) is -1.53. The van der Waals surface area contributed by atoms with Crippen molar-refractivity contribution in [1.82, 2.24) is 5.32 Å². The van der Waals surface area contributed by atoms with Crippen LogP contribution in [0, 0.1) is 6.92 Å². The zero-order valence-electron chi connectivity index (χ0n) is 13.1. The molecule has 0 heterocycles. The Morgan fingerprint density at radius 3 is 2.30 bits per heavy atom. The molecule has 0 spiro atoms. The van der Waals surface area contributed by atoms with Crippen molar-refractivity contribution in [2.24, 2.45) is 0 Å². The molecule has 5 nitrogen and oxygen atoms in total. The molecule has 5 heteroatoms. The second-order valence-corrected chi connectivity index (χ2v) is 5.11. The van der Waals surface area contributed by atoms with E-state index in [1.54, 1.807) is 12.1 Å². The number of esters is 1. The first-order chi connectivity index (χ1) is 11.0. The summed E-state index contributed by atoms with van der Waals surface area (Å²) in [5.41, 5.74) is 2.62. The summed E-state index contributed by atoms with van der Waals surface area (Å²) in [6.45, 7) is 3.39. The van der Waals surface area contributed by atoms with Crippen molar-refractivity contribution in [3.05, 3.63) is 71.3 Å². The summed E-state index contributed by atoms with van der Waals surface area (Å²) in [5.74, 6) is -0.487. The van der Waals surface area contributed by atoms with E-state index in [0.717, 1.165) is 11.1 Å². The summed E-state index contributed by atoms with van der Waals surface area (Å²) >= 11 is 0. The lowest BCUT2D eigenvalue weighted by atomic mass is 10.1. The van der Waals surface area contributed by atoms with Gasteiger partial charge in [0.1, 0.15) is 6.61 Å². The number of rotatable bonds is 5. The van der Waals surface area contributed by atoms with Crippen LogP contribution in [0.1, 0.15) is 29.8 Å². The summed E-state index contributed by atoms with van der Waals surface area (Å²) in [4.78, 5) is 23.2. The van der Waals surface area contributed by atoms with Gasteiger partial charge in [-0.3, -0.25) is 10.1 Å². The molecule has 0 aromatic heterocycles. The molecular formula is C18H19NO4. The third-order valence-electron chi connectivity index (χ3n) is 3.13. The number of hydrogen-bond acceptors (Lipinski definition) is 4. The van der Waals surface area contributed by atoms with Gasteiger partial charge in [-0.05, 0) is 12.5 Å². The smallest absolute Gasteiger partial charge is 0.410 e. The molecule has 0 saturated heterocycles. The van der Waals surface area contributed by atoms with Gasteiger partial charge in [-0.15, -0.1) is 0 Å². The Labute approximate surface area is 135 Å². The molecule has 0 saturated carbocycles. The molecule has 2 aromatic rings. The Morgan fingerprint density at radius 1 is 1.04 bits per heavy atom. The zero-order chi connectivity index (χ0) is 16.7. The number of aryl methyl sites for hydroxylation is 1. The lowest BCUT2D eigenvalue weighted by molar-refractivity contribution is -0.147. The fourth-order valence-electron chi connectivity index (χ4n) is 1.96. The van der Waals surface area contributed by atoms with Gasteiger partial charge >= 0.3 is 12.1 Å². The van der Waals surface area contributed by atoms with Gasteiger partial charge < -0.3 is 9.47 Å². The molecule has 1 atom stereocenters. The summed E-state index contributed by atoms with van der Waals surface area (Å²) in [5, 5.41) is 2.55. The molecular weight excluding hydrogens is 294 g/mol. The third-order valence-corrected chi connectivity index (χ3v) is 3.13. The van der Waals surface area contributed by atoms with Crippen molar-refractivity contribution in [3.8, 4) is 0 Å². The summed E-state index contributed by atoms with van der Waals surface area (Å²) in [6, 6.07) is 16.7. The van der Waals surface area contributed by atoms with E-state index in [1.807, 2.05) is 49.4 Å². The normalized spacial score (nSPS) is 11.4. The Morgan fingerprint density at radius 2 is 1.70 bits per heavy atom. The van der Waals surface area contributed by atoms with Gasteiger partial charge in [0.15, 0.2) is 0 Å². The van der Waals surface area contributed by atoms with Crippen molar-refractivity contribution >= 4 is 12.1 Å². The predicted molar refractivity (Wildman–Crippen MR) is 85.4 cm³/mol. The average molecular weight is 313 g/mol. The van der Waals surface area contributed by atoms with Crippen LogP contribution in [0.25, 0.3) is 0 Å². The topological polar surface area (TPSA) is 64.6 Å². The number of carbonyl (C=O) groups excluding carboxylic acids is 2. The molecule has 0 fully saturated rings. The van der Waals surface area contributed by atoms with Crippen molar-refractivity contribution in [2.75, 3.05) is 0 Å². The van der Waals surface area contributed by atoms with Crippen molar-refractivity contribution < 1.29 is 19.1 Å². The van der Waals surface area contributed by atoms with Gasteiger partial charge in [0.25, 0.3) is 0 Å². The van der Waals surface area contributed by atoms with E-state index in [9.17, 15) is 9.59 Å². The highest BCUT2D eigenvalue weighted by Gasteiger charge is 2.18. The molecule has 2 aromatic carbocycles. The highest BCUT2D eigenvalue weighted by molar-refractivity contribution is 5.70. The maximum absolute atomic E-state index is 11.9. The largest absolute Gasteiger partial charge is 0.445 e. The van der Waals surface area contributed by atoms with Crippen LogP contribution in [0.15, 0.2) is 54.6 Å². The molecule has 120 valence electrons. The highest BCUT2D eigenvalue weighted by atomic mass is 16.6. The third kappa shape index (κ3) is 5.47. The van der Waals surface area contributed by atoms with Gasteiger partial charge in [0.05, 0.1) is 0 Å². The van der Waals surface area contributed by atoms with Crippen molar-refractivity contribution in [3.63, 3.8) is 0 Å². The lowest BCUT2D eigenvalue weighted by Gasteiger charge is -2.19. The number of amides is 1. The Hall–Kier alpha value is -2.82. The van der Waals surface area contributed by atoms with E-state index >= 15 is 0 Å². The van der Waals surface area contributed by atoms with E-state index in [2.05, 4.69) is 5.32 Å². The number of hydrogen-bond donors (Lipinski definition) is 1. The Kier molecular flexibility index (Phi) is 5.74. The first-order valence-electron chi connectivity index (χ1n) is 7.25. The van der Waals surface area contributed by atoms with Gasteiger partial charge in [0, 0.05) is 12.5 Å². The molecule has 1 unspecified atom stereocenters. The maximum atomic E-state index is 11.9. The first kappa shape index (κ1) is 16.5. The zero-order valence-corrected chi connectivity index (χ0v) is 13.1. The van der Waals surface area contributed by atoms with E-state index in [0.29, 0.717) is 5.56 Å². The van der Waals surface area contributed by atoms with Crippen LogP contribution in [-0.2, 0) is 20.9 Å². The standard InChI is InChI=1S/C18H19NO4/c1-13-8-10-16(11-9-13)17(23-14(2)20)19-18(21)22-12-15-6-4-3-5-7-15/h3-11,17H,12H2,1-2H3,(H,19,21). The van der Waals surface area contributed by atoms with Crippen LogP contribution < -0.4 is 5.32 Å². The summed E-state index contributed by atoms with van der Waals surface area (Å²) in [7, 11) is 0. The minimum Gasteiger partial charge on any atom is -0.445 e. The van der Waals surface area contributed by atoms with Crippen LogP contribution in [-0.4, -0.2) is 12.1 Å². The van der Waals surface area contributed by atoms with Gasteiger partial charge in [-0.25, -0.2) is 4.79 Å². The molecule has 0 radical (unpaired) electrons. The van der Waals surface area contributed by atoms with Crippen molar-refractivity contribution in [2.45, 2.75) is 26.7 Å². The van der Waals surface area contributed by atoms with Gasteiger partial charge in [-0.2, -0.15) is 0 Å². The van der Waals surface area contributed by atoms with Crippen LogP contribution in [0.3, 0.4) is 0 Å². The molecule has 0 aliphatic heterocycles. The van der Waals surface area contributed by atoms with Crippen LogP contribution in [0.4, 0.5) is 4.79 Å². The monoisotopic (exact) mass is 313 g/mol. The number of carbonyl (C=O) groups is 2. The summed E-state index contributed by atoms with van der Waals surface area (Å²) < 4.78 is 10.3. The van der Waals surface area contributed by atoms with Crippen LogP contribution in [0.5, 0.6) is 0 Å². The van der Waals surface area contributed by atoms with E-state index in [-0.39, 0.29) is 6.61 Å². The first-order valence-corrected chi connectivity index (χ1v) is 7.25. The predicted octanol–water partition coefficient (Wildman–Crippen LogP) is 3.48. The minimum absolute atomic E-state index is 0.146. The number of nitrogens with one attached hydrogen (secondary N) is 1.